The number of hydrogen-bond donors (Lipinski definition) is 1. The molecule has 4 heteroatoms. The van der Waals surface area contributed by atoms with E-state index < -0.39 is 0 Å². The molecule has 0 bridgehead atoms. The summed E-state index contributed by atoms with van der Waals surface area (Å²) in [7, 11) is 0. The van der Waals surface area contributed by atoms with Crippen LogP contribution >= 0.6 is 0 Å². The van der Waals surface area contributed by atoms with Crippen LogP contribution in [-0.2, 0) is 14.3 Å². The van der Waals surface area contributed by atoms with Crippen molar-refractivity contribution in [1.29, 1.82) is 0 Å². The number of carbonyl (C=O) groups excluding carboxylic acids is 2. The van der Waals surface area contributed by atoms with Crippen LogP contribution in [0.2, 0.25) is 0 Å². The highest BCUT2D eigenvalue weighted by Gasteiger charge is 2.29. The summed E-state index contributed by atoms with van der Waals surface area (Å²) in [6.45, 7) is 4.21. The van der Waals surface area contributed by atoms with Crippen LogP contribution in [0.1, 0.15) is 52.4 Å². The number of hydrogen-bond acceptors (Lipinski definition) is 3. The van der Waals surface area contributed by atoms with Gasteiger partial charge in [0, 0.05) is 12.0 Å². The summed E-state index contributed by atoms with van der Waals surface area (Å²) in [5.74, 6) is -0.341. The van der Waals surface area contributed by atoms with Crippen LogP contribution in [0.15, 0.2) is 0 Å². The minimum Gasteiger partial charge on any atom is -0.466 e. The van der Waals surface area contributed by atoms with Crippen LogP contribution in [0.5, 0.6) is 0 Å². The Morgan fingerprint density at radius 3 is 2.44 bits per heavy atom. The molecule has 1 fully saturated rings. The third-order valence-corrected chi connectivity index (χ3v) is 3.01. The molecule has 0 aromatic carbocycles. The van der Waals surface area contributed by atoms with Gasteiger partial charge >= 0.3 is 5.97 Å². The van der Waals surface area contributed by atoms with Gasteiger partial charge in [0.05, 0.1) is 13.0 Å². The van der Waals surface area contributed by atoms with E-state index in [-0.39, 0.29) is 30.3 Å². The van der Waals surface area contributed by atoms with E-state index in [1.54, 1.807) is 6.92 Å². The zero-order chi connectivity index (χ0) is 12.0. The second-order valence-electron chi connectivity index (χ2n) is 4.62. The molecule has 16 heavy (non-hydrogen) atoms. The molecule has 0 aliphatic heterocycles. The van der Waals surface area contributed by atoms with Crippen LogP contribution in [0.4, 0.5) is 0 Å². The average molecular weight is 227 g/mol. The number of esters is 1. The van der Waals surface area contributed by atoms with Crippen molar-refractivity contribution in [2.75, 3.05) is 6.61 Å². The largest absolute Gasteiger partial charge is 0.466 e. The Balaban J connectivity index is 2.22. The Bertz CT molecular complexity index is 257. The van der Waals surface area contributed by atoms with E-state index >= 15 is 0 Å². The molecule has 0 aromatic heterocycles. The molecule has 1 saturated carbocycles. The van der Waals surface area contributed by atoms with Gasteiger partial charge in [-0.05, 0) is 26.7 Å². The van der Waals surface area contributed by atoms with Crippen molar-refractivity contribution in [3.8, 4) is 0 Å². The molecular formula is C12H21NO3. The maximum atomic E-state index is 11.6. The number of ether oxygens (including phenoxy) is 1. The monoisotopic (exact) mass is 227 g/mol. The lowest BCUT2D eigenvalue weighted by atomic mass is 10.0. The Hall–Kier alpha value is -1.06. The minimum atomic E-state index is -0.297. The van der Waals surface area contributed by atoms with Crippen molar-refractivity contribution in [3.63, 3.8) is 0 Å². The standard InChI is InChI=1S/C12H21NO3/c1-3-16-11(15)7-6-10(14)13-12(2)8-4-5-9-12/h3-9H2,1-2H3,(H,13,14). The van der Waals surface area contributed by atoms with Crippen LogP contribution in [0, 0.1) is 0 Å². The van der Waals surface area contributed by atoms with Gasteiger partial charge in [-0.15, -0.1) is 0 Å². The quantitative estimate of drug-likeness (QED) is 0.728. The van der Waals surface area contributed by atoms with Gasteiger partial charge in [-0.2, -0.15) is 0 Å². The topological polar surface area (TPSA) is 55.4 Å². The van der Waals surface area contributed by atoms with Crippen LogP contribution in [-0.4, -0.2) is 24.0 Å². The molecular weight excluding hydrogens is 206 g/mol. The molecule has 0 radical (unpaired) electrons. The first-order chi connectivity index (χ1) is 7.56. The SMILES string of the molecule is CCOC(=O)CCC(=O)NC1(C)CCCC1. The Kier molecular flexibility index (Phi) is 4.77. The Morgan fingerprint density at radius 1 is 1.25 bits per heavy atom. The molecule has 0 atom stereocenters. The summed E-state index contributed by atoms with van der Waals surface area (Å²) >= 11 is 0. The smallest absolute Gasteiger partial charge is 0.306 e. The predicted molar refractivity (Wildman–Crippen MR) is 60.9 cm³/mol. The lowest BCUT2D eigenvalue weighted by Gasteiger charge is -2.25. The zero-order valence-corrected chi connectivity index (χ0v) is 10.2. The van der Waals surface area contributed by atoms with E-state index in [1.807, 2.05) is 0 Å². The molecule has 0 saturated heterocycles. The normalized spacial score (nSPS) is 18.1. The van der Waals surface area contributed by atoms with Crippen molar-refractivity contribution in [2.45, 2.75) is 57.9 Å². The molecule has 1 N–H and O–H groups in total. The summed E-state index contributed by atoms with van der Waals surface area (Å²) in [4.78, 5) is 22.7. The van der Waals surface area contributed by atoms with Crippen molar-refractivity contribution >= 4 is 11.9 Å². The molecule has 0 aromatic rings. The third-order valence-electron chi connectivity index (χ3n) is 3.01. The van der Waals surface area contributed by atoms with Gasteiger partial charge in [0.25, 0.3) is 0 Å². The van der Waals surface area contributed by atoms with E-state index in [1.165, 1.54) is 12.8 Å². The van der Waals surface area contributed by atoms with E-state index in [4.69, 9.17) is 4.74 Å². The minimum absolute atomic E-state index is 0.0440. The van der Waals surface area contributed by atoms with Crippen molar-refractivity contribution < 1.29 is 14.3 Å². The first-order valence-corrected chi connectivity index (χ1v) is 6.02. The zero-order valence-electron chi connectivity index (χ0n) is 10.2. The second-order valence-corrected chi connectivity index (χ2v) is 4.62. The highest BCUT2D eigenvalue weighted by molar-refractivity contribution is 5.81. The number of rotatable bonds is 5. The summed E-state index contributed by atoms with van der Waals surface area (Å²) in [6.07, 6.45) is 4.84. The van der Waals surface area contributed by atoms with Crippen molar-refractivity contribution in [2.24, 2.45) is 0 Å². The summed E-state index contributed by atoms with van der Waals surface area (Å²) in [5, 5.41) is 3.01. The van der Waals surface area contributed by atoms with Gasteiger partial charge < -0.3 is 10.1 Å². The summed E-state index contributed by atoms with van der Waals surface area (Å²) in [6, 6.07) is 0. The van der Waals surface area contributed by atoms with Gasteiger partial charge in [-0.1, -0.05) is 12.8 Å². The van der Waals surface area contributed by atoms with Crippen molar-refractivity contribution in [1.82, 2.24) is 5.32 Å². The van der Waals surface area contributed by atoms with Gasteiger partial charge in [0.15, 0.2) is 0 Å². The average Bonchev–Trinajstić information content (AvgIpc) is 2.62. The van der Waals surface area contributed by atoms with E-state index in [9.17, 15) is 9.59 Å². The third kappa shape index (κ3) is 4.21. The fraction of sp³-hybridized carbons (Fsp3) is 0.833. The fourth-order valence-corrected chi connectivity index (χ4v) is 2.13. The number of nitrogens with one attached hydrogen (secondary N) is 1. The molecule has 1 aliphatic carbocycles. The van der Waals surface area contributed by atoms with Crippen molar-refractivity contribution in [3.05, 3.63) is 0 Å². The Morgan fingerprint density at radius 2 is 1.88 bits per heavy atom. The molecule has 4 nitrogen and oxygen atoms in total. The van der Waals surface area contributed by atoms with Gasteiger partial charge in [0.1, 0.15) is 0 Å². The first kappa shape index (κ1) is 13.0. The lowest BCUT2D eigenvalue weighted by molar-refractivity contribution is -0.144. The van der Waals surface area contributed by atoms with Gasteiger partial charge in [-0.25, -0.2) is 0 Å². The molecule has 1 amide bonds. The maximum absolute atomic E-state index is 11.6. The molecule has 1 rings (SSSR count). The van der Waals surface area contributed by atoms with E-state index in [0.717, 1.165) is 12.8 Å². The number of carbonyl (C=O) groups is 2. The fourth-order valence-electron chi connectivity index (χ4n) is 2.13. The first-order valence-electron chi connectivity index (χ1n) is 6.02. The lowest BCUT2D eigenvalue weighted by Crippen LogP contribution is -2.43. The molecule has 1 aliphatic rings. The van der Waals surface area contributed by atoms with Gasteiger partial charge in [-0.3, -0.25) is 9.59 Å². The van der Waals surface area contributed by atoms with E-state index in [0.29, 0.717) is 6.61 Å². The highest BCUT2D eigenvalue weighted by Crippen LogP contribution is 2.28. The molecule has 0 unspecified atom stereocenters. The van der Waals surface area contributed by atoms with Crippen LogP contribution in [0.3, 0.4) is 0 Å². The number of amides is 1. The highest BCUT2D eigenvalue weighted by atomic mass is 16.5. The van der Waals surface area contributed by atoms with E-state index in [2.05, 4.69) is 12.2 Å². The van der Waals surface area contributed by atoms with Gasteiger partial charge in [0.2, 0.25) is 5.91 Å². The Labute approximate surface area is 96.7 Å². The predicted octanol–water partition coefficient (Wildman–Crippen LogP) is 1.78. The molecule has 0 spiro atoms. The summed E-state index contributed by atoms with van der Waals surface area (Å²) in [5.41, 5.74) is -0.0499. The molecule has 92 valence electrons. The second kappa shape index (κ2) is 5.87. The van der Waals surface area contributed by atoms with Crippen LogP contribution < -0.4 is 5.32 Å². The maximum Gasteiger partial charge on any atom is 0.306 e. The van der Waals surface area contributed by atoms with Crippen LogP contribution in [0.25, 0.3) is 0 Å². The molecule has 0 heterocycles. The summed E-state index contributed by atoms with van der Waals surface area (Å²) < 4.78 is 4.77.